The lowest BCUT2D eigenvalue weighted by Crippen LogP contribution is -2.45. The summed E-state index contributed by atoms with van der Waals surface area (Å²) < 4.78 is 0. The zero-order valence-corrected chi connectivity index (χ0v) is 17.1. The molecule has 0 atom stereocenters. The highest BCUT2D eigenvalue weighted by atomic mass is 32.1. The highest BCUT2D eigenvalue weighted by Gasteiger charge is 2.04. The van der Waals surface area contributed by atoms with E-state index in [0.29, 0.717) is 10.2 Å². The zero-order chi connectivity index (χ0) is 18.9. The fourth-order valence-electron chi connectivity index (χ4n) is 2.45. The third kappa shape index (κ3) is 6.28. The Morgan fingerprint density at radius 3 is 2.19 bits per heavy atom. The Labute approximate surface area is 166 Å². The molecule has 0 bridgehead atoms. The molecule has 4 nitrogen and oxygen atoms in total. The second kappa shape index (κ2) is 10.1. The maximum Gasteiger partial charge on any atom is 0.189 e. The second-order valence-electron chi connectivity index (χ2n) is 6.21. The largest absolute Gasteiger partial charge is 0.331 e. The van der Waals surface area contributed by atoms with Crippen LogP contribution >= 0.6 is 24.4 Å². The predicted octanol–water partition coefficient (Wildman–Crippen LogP) is 4.83. The molecule has 4 N–H and O–H groups in total. The van der Waals surface area contributed by atoms with Crippen molar-refractivity contribution in [2.75, 3.05) is 10.6 Å². The van der Waals surface area contributed by atoms with Gasteiger partial charge in [0.25, 0.3) is 0 Å². The summed E-state index contributed by atoms with van der Waals surface area (Å²) in [5.41, 5.74) is 11.4. The molecule has 2 aromatic carbocycles. The van der Waals surface area contributed by atoms with Crippen molar-refractivity contribution in [3.8, 4) is 0 Å². The molecule has 0 aliphatic carbocycles. The number of unbranched alkanes of at least 4 members (excludes halogenated alkanes) is 1. The zero-order valence-electron chi connectivity index (χ0n) is 15.5. The molecule has 0 spiro atoms. The first-order chi connectivity index (χ1) is 12.5. The second-order valence-corrected chi connectivity index (χ2v) is 7.02. The predicted molar refractivity (Wildman–Crippen MR) is 120 cm³/mol. The van der Waals surface area contributed by atoms with E-state index in [0.717, 1.165) is 17.8 Å². The topological polar surface area (TPSA) is 48.1 Å². The van der Waals surface area contributed by atoms with Gasteiger partial charge in [0, 0.05) is 11.4 Å². The van der Waals surface area contributed by atoms with Crippen molar-refractivity contribution in [3.05, 3.63) is 59.2 Å². The lowest BCUT2D eigenvalue weighted by Gasteiger charge is -2.16. The minimum Gasteiger partial charge on any atom is -0.331 e. The number of rotatable bonds is 5. The molecule has 0 saturated carbocycles. The molecule has 138 valence electrons. The number of benzene rings is 2. The molecule has 26 heavy (non-hydrogen) atoms. The standard InChI is InChI=1S/C20H26N4S2/c1-4-5-8-16-10-12-17(13-11-16)21-19(25)23-24-20(26)22-18-9-6-7-14(2)15(18)3/h6-7,9-13H,4-5,8H2,1-3H3,(H2,21,23,25)(H2,22,24,26). The average Bonchev–Trinajstić information content (AvgIpc) is 2.63. The highest BCUT2D eigenvalue weighted by Crippen LogP contribution is 2.17. The van der Waals surface area contributed by atoms with Crippen LogP contribution in [0.3, 0.4) is 0 Å². The number of hydrogen-bond acceptors (Lipinski definition) is 2. The Bertz CT molecular complexity index is 757. The summed E-state index contributed by atoms with van der Waals surface area (Å²) in [5.74, 6) is 0. The van der Waals surface area contributed by atoms with Crippen molar-refractivity contribution in [1.29, 1.82) is 0 Å². The van der Waals surface area contributed by atoms with Gasteiger partial charge in [-0.2, -0.15) is 0 Å². The lowest BCUT2D eigenvalue weighted by atomic mass is 10.1. The van der Waals surface area contributed by atoms with Gasteiger partial charge in [-0.3, -0.25) is 10.9 Å². The number of hydrazine groups is 1. The van der Waals surface area contributed by atoms with E-state index in [1.807, 2.05) is 24.3 Å². The molecular formula is C20H26N4S2. The number of thiocarbonyl (C=S) groups is 2. The van der Waals surface area contributed by atoms with E-state index in [1.165, 1.54) is 29.5 Å². The molecule has 2 aromatic rings. The first-order valence-corrected chi connectivity index (χ1v) is 9.60. The number of nitrogens with one attached hydrogen (secondary N) is 4. The van der Waals surface area contributed by atoms with Crippen molar-refractivity contribution < 1.29 is 0 Å². The Balaban J connectivity index is 1.79. The quantitative estimate of drug-likeness (QED) is 0.436. The lowest BCUT2D eigenvalue weighted by molar-refractivity contribution is 0.795. The third-order valence-electron chi connectivity index (χ3n) is 4.17. The van der Waals surface area contributed by atoms with Gasteiger partial charge in [-0.1, -0.05) is 37.6 Å². The SMILES string of the molecule is CCCCc1ccc(NC(=S)NNC(=S)Nc2cccc(C)c2C)cc1. The van der Waals surface area contributed by atoms with E-state index in [2.05, 4.69) is 60.5 Å². The Morgan fingerprint density at radius 1 is 0.885 bits per heavy atom. The van der Waals surface area contributed by atoms with Crippen molar-refractivity contribution in [3.63, 3.8) is 0 Å². The molecule has 0 radical (unpaired) electrons. The molecule has 0 saturated heterocycles. The van der Waals surface area contributed by atoms with Gasteiger partial charge >= 0.3 is 0 Å². The molecule has 0 aliphatic rings. The number of hydrogen-bond donors (Lipinski definition) is 4. The fourth-order valence-corrected chi connectivity index (χ4v) is 2.78. The van der Waals surface area contributed by atoms with Crippen LogP contribution in [0.1, 0.15) is 36.5 Å². The monoisotopic (exact) mass is 386 g/mol. The van der Waals surface area contributed by atoms with Gasteiger partial charge < -0.3 is 10.6 Å². The fraction of sp³-hybridized carbons (Fsp3) is 0.300. The minimum atomic E-state index is 0.455. The Kier molecular flexibility index (Phi) is 7.81. The van der Waals surface area contributed by atoms with E-state index < -0.39 is 0 Å². The highest BCUT2D eigenvalue weighted by molar-refractivity contribution is 7.81. The van der Waals surface area contributed by atoms with Gasteiger partial charge in [0.2, 0.25) is 0 Å². The van der Waals surface area contributed by atoms with Crippen molar-refractivity contribution in [2.24, 2.45) is 0 Å². The Morgan fingerprint density at radius 2 is 1.54 bits per heavy atom. The first-order valence-electron chi connectivity index (χ1n) is 8.78. The molecule has 2 rings (SSSR count). The van der Waals surface area contributed by atoms with E-state index in [-0.39, 0.29) is 0 Å². The van der Waals surface area contributed by atoms with E-state index >= 15 is 0 Å². The summed E-state index contributed by atoms with van der Waals surface area (Å²) >= 11 is 10.6. The van der Waals surface area contributed by atoms with Gasteiger partial charge in [-0.25, -0.2) is 0 Å². The maximum atomic E-state index is 5.31. The summed E-state index contributed by atoms with van der Waals surface area (Å²) in [6.07, 6.45) is 3.52. The van der Waals surface area contributed by atoms with E-state index in [4.69, 9.17) is 24.4 Å². The van der Waals surface area contributed by atoms with Crippen LogP contribution in [0.25, 0.3) is 0 Å². The smallest absolute Gasteiger partial charge is 0.189 e. The summed E-state index contributed by atoms with van der Waals surface area (Å²) in [6.45, 7) is 6.33. The molecule has 6 heteroatoms. The number of anilines is 2. The van der Waals surface area contributed by atoms with Crippen LogP contribution in [0.5, 0.6) is 0 Å². The average molecular weight is 387 g/mol. The van der Waals surface area contributed by atoms with Crippen LogP contribution in [0, 0.1) is 13.8 Å². The van der Waals surface area contributed by atoms with Crippen molar-refractivity contribution in [2.45, 2.75) is 40.0 Å². The summed E-state index contributed by atoms with van der Waals surface area (Å²) in [7, 11) is 0. The molecule has 0 unspecified atom stereocenters. The van der Waals surface area contributed by atoms with Crippen LogP contribution in [-0.4, -0.2) is 10.2 Å². The van der Waals surface area contributed by atoms with Gasteiger partial charge in [0.05, 0.1) is 0 Å². The van der Waals surface area contributed by atoms with Gasteiger partial charge in [0.15, 0.2) is 10.2 Å². The minimum absolute atomic E-state index is 0.455. The Hall–Kier alpha value is -2.18. The maximum absolute atomic E-state index is 5.31. The van der Waals surface area contributed by atoms with E-state index in [1.54, 1.807) is 0 Å². The molecule has 0 aromatic heterocycles. The van der Waals surface area contributed by atoms with Crippen molar-refractivity contribution in [1.82, 2.24) is 10.9 Å². The molecule has 0 fully saturated rings. The summed E-state index contributed by atoms with van der Waals surface area (Å²) in [4.78, 5) is 0. The van der Waals surface area contributed by atoms with Crippen LogP contribution in [0.4, 0.5) is 11.4 Å². The van der Waals surface area contributed by atoms with Gasteiger partial charge in [0.1, 0.15) is 0 Å². The molecule has 0 heterocycles. The normalized spacial score (nSPS) is 10.1. The van der Waals surface area contributed by atoms with Crippen LogP contribution < -0.4 is 21.5 Å². The molecular weight excluding hydrogens is 360 g/mol. The van der Waals surface area contributed by atoms with Gasteiger partial charge in [-0.05, 0) is 86.0 Å². The van der Waals surface area contributed by atoms with Gasteiger partial charge in [-0.15, -0.1) is 0 Å². The summed E-state index contributed by atoms with van der Waals surface area (Å²) in [5, 5.41) is 7.21. The van der Waals surface area contributed by atoms with Crippen LogP contribution in [0.15, 0.2) is 42.5 Å². The van der Waals surface area contributed by atoms with E-state index in [9.17, 15) is 0 Å². The summed E-state index contributed by atoms with van der Waals surface area (Å²) in [6, 6.07) is 14.4. The third-order valence-corrected chi connectivity index (χ3v) is 4.58. The first kappa shape index (κ1) is 20.1. The number of aryl methyl sites for hydroxylation is 2. The van der Waals surface area contributed by atoms with Crippen molar-refractivity contribution >= 4 is 46.0 Å². The van der Waals surface area contributed by atoms with Crippen LogP contribution in [0.2, 0.25) is 0 Å². The molecule has 0 amide bonds. The molecule has 0 aliphatic heterocycles. The van der Waals surface area contributed by atoms with Crippen LogP contribution in [-0.2, 0) is 6.42 Å².